The maximum atomic E-state index is 13.1. The Labute approximate surface area is 182 Å². The molecule has 4 rings (SSSR count). The van der Waals surface area contributed by atoms with E-state index in [1.165, 1.54) is 5.56 Å². The molecule has 1 aliphatic rings. The SMILES string of the molecule is CC[C@@H]1Cc2cc(OC)c(OC)cc2-c2cc(Nc3c(C)cc(C)cc3C)nc(=O)n21. The van der Waals surface area contributed by atoms with E-state index < -0.39 is 0 Å². The van der Waals surface area contributed by atoms with Gasteiger partial charge in [-0.05, 0) is 62.4 Å². The predicted molar refractivity (Wildman–Crippen MR) is 124 cm³/mol. The van der Waals surface area contributed by atoms with Crippen LogP contribution in [0.5, 0.6) is 11.5 Å². The van der Waals surface area contributed by atoms with E-state index in [-0.39, 0.29) is 11.7 Å². The summed E-state index contributed by atoms with van der Waals surface area (Å²) in [7, 11) is 3.26. The number of anilines is 2. The van der Waals surface area contributed by atoms with Crippen molar-refractivity contribution in [3.8, 4) is 22.8 Å². The first kappa shape index (κ1) is 21.0. The van der Waals surface area contributed by atoms with Gasteiger partial charge >= 0.3 is 5.69 Å². The number of aryl methyl sites for hydroxylation is 3. The molecule has 6 heteroatoms. The van der Waals surface area contributed by atoms with Gasteiger partial charge in [-0.2, -0.15) is 4.98 Å². The molecule has 0 saturated heterocycles. The number of nitrogens with zero attached hydrogens (tertiary/aromatic N) is 2. The molecule has 6 nitrogen and oxygen atoms in total. The van der Waals surface area contributed by atoms with Gasteiger partial charge in [0.2, 0.25) is 0 Å². The molecular weight excluding hydrogens is 390 g/mol. The maximum absolute atomic E-state index is 13.1. The van der Waals surface area contributed by atoms with Gasteiger partial charge < -0.3 is 14.8 Å². The number of rotatable bonds is 5. The van der Waals surface area contributed by atoms with Crippen LogP contribution in [0.1, 0.15) is 41.6 Å². The monoisotopic (exact) mass is 419 g/mol. The van der Waals surface area contributed by atoms with Crippen molar-refractivity contribution in [2.24, 2.45) is 0 Å². The van der Waals surface area contributed by atoms with Gasteiger partial charge in [0.05, 0.1) is 19.9 Å². The van der Waals surface area contributed by atoms with Crippen LogP contribution in [0, 0.1) is 20.8 Å². The molecule has 31 heavy (non-hydrogen) atoms. The second kappa shape index (κ2) is 8.10. The summed E-state index contributed by atoms with van der Waals surface area (Å²) in [6.07, 6.45) is 1.59. The van der Waals surface area contributed by atoms with Gasteiger partial charge in [0.15, 0.2) is 11.5 Å². The summed E-state index contributed by atoms with van der Waals surface area (Å²) < 4.78 is 12.8. The topological polar surface area (TPSA) is 65.4 Å². The van der Waals surface area contributed by atoms with E-state index in [0.29, 0.717) is 17.3 Å². The fourth-order valence-corrected chi connectivity index (χ4v) is 4.62. The van der Waals surface area contributed by atoms with Crippen LogP contribution in [0.4, 0.5) is 11.5 Å². The Morgan fingerprint density at radius 3 is 2.29 bits per heavy atom. The first-order valence-corrected chi connectivity index (χ1v) is 10.6. The molecule has 2 aromatic carbocycles. The number of hydrogen-bond acceptors (Lipinski definition) is 5. The van der Waals surface area contributed by atoms with Crippen molar-refractivity contribution < 1.29 is 9.47 Å². The zero-order valence-electron chi connectivity index (χ0n) is 19.0. The fraction of sp³-hybridized carbons (Fsp3) is 0.360. The lowest BCUT2D eigenvalue weighted by molar-refractivity contribution is 0.353. The molecule has 0 saturated carbocycles. The molecule has 0 fully saturated rings. The van der Waals surface area contributed by atoms with E-state index in [1.807, 2.05) is 22.8 Å². The Kier molecular flexibility index (Phi) is 5.48. The average molecular weight is 420 g/mol. The lowest BCUT2D eigenvalue weighted by Crippen LogP contribution is -2.32. The highest BCUT2D eigenvalue weighted by Gasteiger charge is 2.27. The molecule has 0 radical (unpaired) electrons. The van der Waals surface area contributed by atoms with Crippen LogP contribution in [-0.4, -0.2) is 23.8 Å². The Bertz CT molecular complexity index is 1190. The quantitative estimate of drug-likeness (QED) is 0.623. The summed E-state index contributed by atoms with van der Waals surface area (Å²) in [6.45, 7) is 8.30. The van der Waals surface area contributed by atoms with Crippen LogP contribution in [0.15, 0.2) is 35.1 Å². The van der Waals surface area contributed by atoms with Crippen LogP contribution in [0.3, 0.4) is 0 Å². The van der Waals surface area contributed by atoms with Gasteiger partial charge in [-0.25, -0.2) is 4.79 Å². The van der Waals surface area contributed by atoms with Crippen molar-refractivity contribution in [3.05, 3.63) is 63.1 Å². The molecule has 1 aliphatic heterocycles. The minimum atomic E-state index is -0.241. The summed E-state index contributed by atoms with van der Waals surface area (Å²) in [5, 5.41) is 3.39. The van der Waals surface area contributed by atoms with E-state index in [2.05, 4.69) is 50.1 Å². The normalized spacial score (nSPS) is 14.6. The number of hydrogen-bond donors (Lipinski definition) is 1. The summed E-state index contributed by atoms with van der Waals surface area (Å²) in [4.78, 5) is 17.5. The average Bonchev–Trinajstić information content (AvgIpc) is 2.74. The van der Waals surface area contributed by atoms with Crippen molar-refractivity contribution in [1.29, 1.82) is 0 Å². The van der Waals surface area contributed by atoms with Gasteiger partial charge in [-0.15, -0.1) is 0 Å². The highest BCUT2D eigenvalue weighted by Crippen LogP contribution is 2.41. The summed E-state index contributed by atoms with van der Waals surface area (Å²) in [5.74, 6) is 1.89. The Balaban J connectivity index is 1.89. The van der Waals surface area contributed by atoms with Crippen molar-refractivity contribution in [2.75, 3.05) is 19.5 Å². The van der Waals surface area contributed by atoms with Gasteiger partial charge in [0, 0.05) is 23.4 Å². The van der Waals surface area contributed by atoms with Crippen molar-refractivity contribution in [2.45, 2.75) is 46.6 Å². The molecule has 3 aromatic rings. The van der Waals surface area contributed by atoms with E-state index in [9.17, 15) is 4.79 Å². The zero-order valence-corrected chi connectivity index (χ0v) is 19.0. The third-order valence-corrected chi connectivity index (χ3v) is 6.06. The van der Waals surface area contributed by atoms with Gasteiger partial charge in [0.25, 0.3) is 0 Å². The largest absolute Gasteiger partial charge is 0.493 e. The maximum Gasteiger partial charge on any atom is 0.350 e. The van der Waals surface area contributed by atoms with Crippen molar-refractivity contribution >= 4 is 11.5 Å². The predicted octanol–water partition coefficient (Wildman–Crippen LogP) is 5.10. The summed E-state index contributed by atoms with van der Waals surface area (Å²) in [5.41, 5.74) is 7.16. The smallest absolute Gasteiger partial charge is 0.350 e. The summed E-state index contributed by atoms with van der Waals surface area (Å²) in [6, 6.07) is 10.2. The second-order valence-electron chi connectivity index (χ2n) is 8.21. The van der Waals surface area contributed by atoms with Crippen LogP contribution in [0.2, 0.25) is 0 Å². The van der Waals surface area contributed by atoms with E-state index in [1.54, 1.807) is 14.2 Å². The lowest BCUT2D eigenvalue weighted by Gasteiger charge is -2.30. The van der Waals surface area contributed by atoms with Crippen LogP contribution in [-0.2, 0) is 6.42 Å². The van der Waals surface area contributed by atoms with E-state index in [0.717, 1.165) is 46.5 Å². The molecule has 0 aliphatic carbocycles. The molecule has 162 valence electrons. The molecule has 1 aromatic heterocycles. The Hall–Kier alpha value is -3.28. The Morgan fingerprint density at radius 2 is 1.68 bits per heavy atom. The molecule has 0 amide bonds. The molecule has 1 atom stereocenters. The van der Waals surface area contributed by atoms with Gasteiger partial charge in [-0.3, -0.25) is 4.57 Å². The number of aromatic nitrogens is 2. The zero-order chi connectivity index (χ0) is 22.3. The minimum Gasteiger partial charge on any atom is -0.493 e. The first-order valence-electron chi connectivity index (χ1n) is 10.6. The molecule has 0 spiro atoms. The van der Waals surface area contributed by atoms with Crippen molar-refractivity contribution in [1.82, 2.24) is 9.55 Å². The third-order valence-electron chi connectivity index (χ3n) is 6.06. The van der Waals surface area contributed by atoms with Crippen molar-refractivity contribution in [3.63, 3.8) is 0 Å². The van der Waals surface area contributed by atoms with Crippen LogP contribution >= 0.6 is 0 Å². The fourth-order valence-electron chi connectivity index (χ4n) is 4.62. The number of ether oxygens (including phenoxy) is 2. The van der Waals surface area contributed by atoms with Crippen LogP contribution < -0.4 is 20.5 Å². The molecule has 0 unspecified atom stereocenters. The summed E-state index contributed by atoms with van der Waals surface area (Å²) >= 11 is 0. The van der Waals surface area contributed by atoms with Crippen LogP contribution in [0.25, 0.3) is 11.3 Å². The second-order valence-corrected chi connectivity index (χ2v) is 8.21. The minimum absolute atomic E-state index is 0.0532. The highest BCUT2D eigenvalue weighted by molar-refractivity contribution is 5.74. The Morgan fingerprint density at radius 1 is 1.03 bits per heavy atom. The van der Waals surface area contributed by atoms with E-state index >= 15 is 0 Å². The molecular formula is C25H29N3O3. The lowest BCUT2D eigenvalue weighted by atomic mass is 9.91. The number of nitrogens with one attached hydrogen (secondary N) is 1. The van der Waals surface area contributed by atoms with Gasteiger partial charge in [0.1, 0.15) is 5.82 Å². The third kappa shape index (κ3) is 3.67. The molecule has 2 heterocycles. The standard InChI is InChI=1S/C25H29N3O3/c1-7-18-10-17-11-21(30-5)22(31-6)12-19(17)20-13-23(27-25(29)28(18)20)26-24-15(3)8-14(2)9-16(24)4/h8-9,11-13,18H,7,10H2,1-6H3,(H,26,27,29)/t18-/m1/s1. The first-order chi connectivity index (χ1) is 14.9. The van der Waals surface area contributed by atoms with E-state index in [4.69, 9.17) is 9.47 Å². The number of fused-ring (bicyclic) bond motifs is 3. The number of methoxy groups -OCH3 is 2. The highest BCUT2D eigenvalue weighted by atomic mass is 16.5. The molecule has 0 bridgehead atoms. The van der Waals surface area contributed by atoms with Gasteiger partial charge in [-0.1, -0.05) is 24.6 Å². The number of benzene rings is 2. The molecule has 1 N–H and O–H groups in total.